The quantitative estimate of drug-likeness (QED) is 0.427. The molecule has 0 amide bonds. The highest BCUT2D eigenvalue weighted by atomic mass is 16.7. The fourth-order valence-corrected chi connectivity index (χ4v) is 2.88. The second-order valence-electron chi connectivity index (χ2n) is 7.67. The summed E-state index contributed by atoms with van der Waals surface area (Å²) in [4.78, 5) is 12.3. The van der Waals surface area contributed by atoms with Crippen LogP contribution in [0.2, 0.25) is 6.32 Å². The highest BCUT2D eigenvalue weighted by molar-refractivity contribution is 6.48. The predicted molar refractivity (Wildman–Crippen MR) is 107 cm³/mol. The Hall–Kier alpha value is -2.37. The Morgan fingerprint density at radius 2 is 1.37 bits per heavy atom. The Morgan fingerprint density at radius 3 is 1.89 bits per heavy atom. The largest absolute Gasteiger partial charge is 0.462 e. The van der Waals surface area contributed by atoms with Crippen LogP contribution in [0.15, 0.2) is 66.9 Å². The molecule has 4 nitrogen and oxygen atoms in total. The topological polar surface area (TPSA) is 44.8 Å². The molecule has 2 aromatic rings. The third-order valence-corrected chi connectivity index (χ3v) is 5.15. The number of carbonyl (C=O) groups excluding carboxylic acids is 1. The molecule has 140 valence electrons. The lowest BCUT2D eigenvalue weighted by molar-refractivity contribution is 0.00578. The fourth-order valence-electron chi connectivity index (χ4n) is 2.88. The van der Waals surface area contributed by atoms with Gasteiger partial charge in [-0.1, -0.05) is 48.5 Å². The first-order valence-electron chi connectivity index (χ1n) is 9.15. The maximum atomic E-state index is 12.3. The molecule has 0 N–H and O–H groups in total. The molecule has 5 heteroatoms. The van der Waals surface area contributed by atoms with Gasteiger partial charge in [-0.2, -0.15) is 0 Å². The first kappa shape index (κ1) is 19.4. The molecule has 0 bridgehead atoms. The highest BCUT2D eigenvalue weighted by Crippen LogP contribution is 2.39. The molecule has 1 aliphatic heterocycles. The molecule has 0 aromatic heterocycles. The Bertz CT molecular complexity index is 797. The van der Waals surface area contributed by atoms with Crippen molar-refractivity contribution in [2.24, 2.45) is 0 Å². The molecular weight excluding hydrogens is 339 g/mol. The van der Waals surface area contributed by atoms with Gasteiger partial charge in [0.1, 0.15) is 0 Å². The van der Waals surface area contributed by atoms with Crippen LogP contribution >= 0.6 is 0 Å². The minimum absolute atomic E-state index is 0.391. The van der Waals surface area contributed by atoms with Crippen molar-refractivity contribution in [3.63, 3.8) is 0 Å². The summed E-state index contributed by atoms with van der Waals surface area (Å²) in [7, 11) is -0.406. The van der Waals surface area contributed by atoms with Crippen molar-refractivity contribution < 1.29 is 18.8 Å². The summed E-state index contributed by atoms with van der Waals surface area (Å²) in [5, 5.41) is 0. The van der Waals surface area contributed by atoms with E-state index in [1.165, 1.54) is 6.26 Å². The zero-order valence-electron chi connectivity index (χ0n) is 16.3. The van der Waals surface area contributed by atoms with Gasteiger partial charge in [0.15, 0.2) is 0 Å². The summed E-state index contributed by atoms with van der Waals surface area (Å²) in [6.45, 7) is 8.09. The number of benzene rings is 2. The zero-order valence-corrected chi connectivity index (χ0v) is 16.3. The van der Waals surface area contributed by atoms with E-state index in [2.05, 4.69) is 0 Å². The molecule has 1 saturated heterocycles. The molecular formula is C22H25BO4. The van der Waals surface area contributed by atoms with Crippen LogP contribution in [0.25, 0.3) is 5.57 Å². The van der Waals surface area contributed by atoms with Gasteiger partial charge in [-0.3, -0.25) is 0 Å². The second-order valence-corrected chi connectivity index (χ2v) is 7.67. The summed E-state index contributed by atoms with van der Waals surface area (Å²) < 4.78 is 17.7. The van der Waals surface area contributed by atoms with Gasteiger partial charge < -0.3 is 14.0 Å². The predicted octanol–water partition coefficient (Wildman–Crippen LogP) is 4.98. The van der Waals surface area contributed by atoms with Gasteiger partial charge in [-0.25, -0.2) is 4.79 Å². The smallest absolute Gasteiger partial charge is 0.431 e. The van der Waals surface area contributed by atoms with Gasteiger partial charge in [0.05, 0.1) is 23.0 Å². The van der Waals surface area contributed by atoms with E-state index in [4.69, 9.17) is 14.0 Å². The molecule has 1 fully saturated rings. The fraction of sp³-hybridized carbons (Fsp3) is 0.318. The normalized spacial score (nSPS) is 18.4. The van der Waals surface area contributed by atoms with Crippen molar-refractivity contribution in [3.8, 4) is 0 Å². The van der Waals surface area contributed by atoms with Crippen LogP contribution in [-0.4, -0.2) is 24.3 Å². The Morgan fingerprint density at radius 1 is 0.889 bits per heavy atom. The van der Waals surface area contributed by atoms with Crippen LogP contribution in [0.1, 0.15) is 43.6 Å². The number of rotatable bonds is 5. The van der Waals surface area contributed by atoms with Gasteiger partial charge >= 0.3 is 13.1 Å². The third kappa shape index (κ3) is 4.49. The van der Waals surface area contributed by atoms with Crippen molar-refractivity contribution in [2.45, 2.75) is 45.2 Å². The lowest BCUT2D eigenvalue weighted by Gasteiger charge is -2.32. The molecule has 2 aromatic carbocycles. The summed E-state index contributed by atoms with van der Waals surface area (Å²) in [5.74, 6) is -0.391. The van der Waals surface area contributed by atoms with Crippen LogP contribution in [-0.2, 0) is 14.0 Å². The number of carbonyl (C=O) groups is 1. The molecule has 27 heavy (non-hydrogen) atoms. The van der Waals surface area contributed by atoms with Gasteiger partial charge in [0.25, 0.3) is 0 Å². The monoisotopic (exact) mass is 364 g/mol. The average molecular weight is 364 g/mol. The number of allylic oxidation sites excluding steroid dienone is 1. The van der Waals surface area contributed by atoms with Crippen molar-refractivity contribution >= 4 is 18.7 Å². The summed E-state index contributed by atoms with van der Waals surface area (Å²) in [5.41, 5.74) is 1.52. The lowest BCUT2D eigenvalue weighted by atomic mass is 9.78. The van der Waals surface area contributed by atoms with Crippen LogP contribution < -0.4 is 0 Å². The van der Waals surface area contributed by atoms with Crippen molar-refractivity contribution in [1.82, 2.24) is 0 Å². The van der Waals surface area contributed by atoms with E-state index in [0.717, 1.165) is 11.1 Å². The standard InChI is InChI=1S/C22H25BO4/c1-21(2)22(3,4)27-23(26-21)15-19(17-11-7-5-8-12-17)16-25-20(24)18-13-9-6-10-14-18/h5-14,16H,15H2,1-4H3/b19-16+. The van der Waals surface area contributed by atoms with Crippen molar-refractivity contribution in [3.05, 3.63) is 78.1 Å². The van der Waals surface area contributed by atoms with Crippen LogP contribution in [0.4, 0.5) is 0 Å². The molecule has 1 heterocycles. The van der Waals surface area contributed by atoms with E-state index in [1.54, 1.807) is 12.1 Å². The van der Waals surface area contributed by atoms with Crippen LogP contribution in [0, 0.1) is 0 Å². The van der Waals surface area contributed by atoms with Gasteiger partial charge in [0, 0.05) is 6.32 Å². The minimum atomic E-state index is -0.406. The lowest BCUT2D eigenvalue weighted by Crippen LogP contribution is -2.41. The molecule has 0 spiro atoms. The first-order chi connectivity index (χ1) is 12.8. The number of ether oxygens (including phenoxy) is 1. The van der Waals surface area contributed by atoms with Gasteiger partial charge in [-0.05, 0) is 51.0 Å². The Balaban J connectivity index is 1.79. The van der Waals surface area contributed by atoms with E-state index in [9.17, 15) is 4.79 Å². The van der Waals surface area contributed by atoms with Gasteiger partial charge in [-0.15, -0.1) is 0 Å². The highest BCUT2D eigenvalue weighted by Gasteiger charge is 2.51. The van der Waals surface area contributed by atoms with Crippen LogP contribution in [0.5, 0.6) is 0 Å². The third-order valence-electron chi connectivity index (χ3n) is 5.15. The van der Waals surface area contributed by atoms with E-state index in [0.29, 0.717) is 11.9 Å². The Labute approximate surface area is 161 Å². The van der Waals surface area contributed by atoms with Gasteiger partial charge in [0.2, 0.25) is 0 Å². The van der Waals surface area contributed by atoms with Crippen LogP contribution in [0.3, 0.4) is 0 Å². The van der Waals surface area contributed by atoms with E-state index >= 15 is 0 Å². The number of hydrogen-bond donors (Lipinski definition) is 0. The summed E-state index contributed by atoms with van der Waals surface area (Å²) in [6, 6.07) is 18.7. The number of esters is 1. The molecule has 1 aliphatic rings. The minimum Gasteiger partial charge on any atom is -0.431 e. The maximum Gasteiger partial charge on any atom is 0.462 e. The number of hydrogen-bond acceptors (Lipinski definition) is 4. The maximum absolute atomic E-state index is 12.3. The zero-order chi connectivity index (χ0) is 19.5. The second kappa shape index (κ2) is 7.71. The SMILES string of the molecule is CC1(C)OB(C/C(=C\OC(=O)c2ccccc2)c2ccccc2)OC1(C)C. The van der Waals surface area contributed by atoms with Crippen molar-refractivity contribution in [1.29, 1.82) is 0 Å². The van der Waals surface area contributed by atoms with Crippen molar-refractivity contribution in [2.75, 3.05) is 0 Å². The van der Waals surface area contributed by atoms with E-state index in [1.807, 2.05) is 76.2 Å². The molecule has 0 unspecified atom stereocenters. The summed E-state index contributed by atoms with van der Waals surface area (Å²) >= 11 is 0. The Kier molecular flexibility index (Phi) is 5.54. The summed E-state index contributed by atoms with van der Waals surface area (Å²) in [6.07, 6.45) is 1.99. The average Bonchev–Trinajstić information content (AvgIpc) is 2.86. The molecule has 0 aliphatic carbocycles. The van der Waals surface area contributed by atoms with E-state index in [-0.39, 0.29) is 0 Å². The molecule has 0 saturated carbocycles. The first-order valence-corrected chi connectivity index (χ1v) is 9.15. The van der Waals surface area contributed by atoms with E-state index < -0.39 is 24.3 Å². The molecule has 0 radical (unpaired) electrons. The molecule has 3 rings (SSSR count). The molecule has 0 atom stereocenters.